The number of benzene rings is 1. The number of hydrogen-bond acceptors (Lipinski definition) is 1. The molecule has 0 saturated carbocycles. The normalized spacial score (nSPS) is 10.7. The summed E-state index contributed by atoms with van der Waals surface area (Å²) in [5, 5.41) is 0. The van der Waals surface area contributed by atoms with Crippen LogP contribution >= 0.6 is 0 Å². The maximum Gasteiger partial charge on any atom is 0.159 e. The van der Waals surface area contributed by atoms with E-state index in [0.29, 0.717) is 12.0 Å². The second-order valence-electron chi connectivity index (χ2n) is 2.56. The summed E-state index contributed by atoms with van der Waals surface area (Å²) in [5.74, 6) is -1.64. The maximum atomic E-state index is 12.7. The Balaban J connectivity index is 2.68. The summed E-state index contributed by atoms with van der Waals surface area (Å²) in [4.78, 5) is 0. The first-order valence-electron chi connectivity index (χ1n) is 3.86. The van der Waals surface area contributed by atoms with E-state index in [9.17, 15) is 8.78 Å². The Morgan fingerprint density at radius 2 is 2.08 bits per heavy atom. The molecule has 13 heavy (non-hydrogen) atoms. The predicted molar refractivity (Wildman–Crippen MR) is 46.2 cm³/mol. The van der Waals surface area contributed by atoms with E-state index in [1.54, 1.807) is 12.1 Å². The van der Waals surface area contributed by atoms with Crippen molar-refractivity contribution in [1.29, 1.82) is 0 Å². The van der Waals surface area contributed by atoms with Gasteiger partial charge in [0, 0.05) is 0 Å². The molecule has 0 aliphatic rings. The molecule has 0 bridgehead atoms. The zero-order valence-electron chi connectivity index (χ0n) is 7.26. The van der Waals surface area contributed by atoms with Crippen molar-refractivity contribution >= 4 is 0 Å². The van der Waals surface area contributed by atoms with Gasteiger partial charge in [0.05, 0.1) is 13.4 Å². The molecule has 0 aliphatic heterocycles. The van der Waals surface area contributed by atoms with Gasteiger partial charge in [0.2, 0.25) is 0 Å². The van der Waals surface area contributed by atoms with E-state index in [4.69, 9.17) is 0 Å². The lowest BCUT2D eigenvalue weighted by molar-refractivity contribution is 0.337. The third-order valence-electron chi connectivity index (χ3n) is 1.57. The smallest absolute Gasteiger partial charge is 0.159 e. The fourth-order valence-corrected chi connectivity index (χ4v) is 0.947. The first kappa shape index (κ1) is 9.71. The standard InChI is InChI=1S/C10H10F2O/c1-13-6-2-3-8-4-5-9(11)10(12)7-8/h2,4-7H,3H2,1H3. The molecular weight excluding hydrogens is 174 g/mol. The number of allylic oxidation sites excluding steroid dienone is 1. The van der Waals surface area contributed by atoms with Crippen LogP contribution < -0.4 is 0 Å². The lowest BCUT2D eigenvalue weighted by Crippen LogP contribution is -1.87. The minimum Gasteiger partial charge on any atom is -0.505 e. The largest absolute Gasteiger partial charge is 0.505 e. The van der Waals surface area contributed by atoms with E-state index in [1.165, 1.54) is 19.4 Å². The highest BCUT2D eigenvalue weighted by molar-refractivity contribution is 5.19. The Hall–Kier alpha value is -1.38. The van der Waals surface area contributed by atoms with Crippen molar-refractivity contribution in [2.75, 3.05) is 7.11 Å². The van der Waals surface area contributed by atoms with Crippen LogP contribution in [0.1, 0.15) is 5.56 Å². The van der Waals surface area contributed by atoms with Gasteiger partial charge in [-0.25, -0.2) is 8.78 Å². The van der Waals surface area contributed by atoms with Gasteiger partial charge in [0.15, 0.2) is 11.6 Å². The second kappa shape index (κ2) is 4.60. The lowest BCUT2D eigenvalue weighted by Gasteiger charge is -1.97. The highest BCUT2D eigenvalue weighted by Crippen LogP contribution is 2.09. The summed E-state index contributed by atoms with van der Waals surface area (Å²) in [6.45, 7) is 0. The average Bonchev–Trinajstić information content (AvgIpc) is 2.12. The monoisotopic (exact) mass is 184 g/mol. The second-order valence-corrected chi connectivity index (χ2v) is 2.56. The average molecular weight is 184 g/mol. The Kier molecular flexibility index (Phi) is 3.43. The summed E-state index contributed by atoms with van der Waals surface area (Å²) in [5.41, 5.74) is 0.715. The van der Waals surface area contributed by atoms with Crippen molar-refractivity contribution in [3.8, 4) is 0 Å². The Morgan fingerprint density at radius 3 is 2.69 bits per heavy atom. The predicted octanol–water partition coefficient (Wildman–Crippen LogP) is 2.67. The van der Waals surface area contributed by atoms with Crippen molar-refractivity contribution in [2.24, 2.45) is 0 Å². The van der Waals surface area contributed by atoms with E-state index in [1.807, 2.05) is 0 Å². The molecule has 0 amide bonds. The topological polar surface area (TPSA) is 9.23 Å². The maximum absolute atomic E-state index is 12.7. The molecular formula is C10H10F2O. The van der Waals surface area contributed by atoms with Gasteiger partial charge in [-0.15, -0.1) is 0 Å². The van der Waals surface area contributed by atoms with Gasteiger partial charge in [0.1, 0.15) is 0 Å². The molecule has 0 saturated heterocycles. The Labute approximate surface area is 75.6 Å². The molecule has 0 unspecified atom stereocenters. The molecule has 0 N–H and O–H groups in total. The van der Waals surface area contributed by atoms with Crippen LogP contribution in [0.25, 0.3) is 0 Å². The number of methoxy groups -OCH3 is 1. The minimum absolute atomic E-state index is 0.533. The number of ether oxygens (including phenoxy) is 1. The highest BCUT2D eigenvalue weighted by Gasteiger charge is 2.00. The Bertz CT molecular complexity index is 308. The van der Waals surface area contributed by atoms with E-state index >= 15 is 0 Å². The first-order valence-corrected chi connectivity index (χ1v) is 3.86. The first-order chi connectivity index (χ1) is 6.24. The van der Waals surface area contributed by atoms with Gasteiger partial charge in [-0.3, -0.25) is 0 Å². The molecule has 1 rings (SSSR count). The van der Waals surface area contributed by atoms with Crippen molar-refractivity contribution in [3.05, 3.63) is 47.7 Å². The van der Waals surface area contributed by atoms with Gasteiger partial charge >= 0.3 is 0 Å². The van der Waals surface area contributed by atoms with Gasteiger partial charge in [0.25, 0.3) is 0 Å². The van der Waals surface area contributed by atoms with Crippen LogP contribution in [0.3, 0.4) is 0 Å². The van der Waals surface area contributed by atoms with Crippen LogP contribution in [0, 0.1) is 11.6 Å². The van der Waals surface area contributed by atoms with E-state index in [0.717, 1.165) is 6.07 Å². The van der Waals surface area contributed by atoms with Gasteiger partial charge in [-0.2, -0.15) is 0 Å². The van der Waals surface area contributed by atoms with Crippen molar-refractivity contribution in [1.82, 2.24) is 0 Å². The molecule has 70 valence electrons. The van der Waals surface area contributed by atoms with Crippen molar-refractivity contribution < 1.29 is 13.5 Å². The lowest BCUT2D eigenvalue weighted by atomic mass is 10.1. The summed E-state index contributed by atoms with van der Waals surface area (Å²) in [7, 11) is 1.53. The fraction of sp³-hybridized carbons (Fsp3) is 0.200. The molecule has 1 aromatic carbocycles. The van der Waals surface area contributed by atoms with Gasteiger partial charge in [-0.05, 0) is 30.2 Å². The van der Waals surface area contributed by atoms with Crippen LogP contribution in [0.5, 0.6) is 0 Å². The number of halogens is 2. The Morgan fingerprint density at radius 1 is 1.31 bits per heavy atom. The van der Waals surface area contributed by atoms with Crippen LogP contribution in [0.4, 0.5) is 8.78 Å². The quantitative estimate of drug-likeness (QED) is 0.656. The fourth-order valence-electron chi connectivity index (χ4n) is 0.947. The summed E-state index contributed by atoms with van der Waals surface area (Å²) in [6, 6.07) is 3.83. The zero-order chi connectivity index (χ0) is 9.68. The molecule has 0 radical (unpaired) electrons. The summed E-state index contributed by atoms with van der Waals surface area (Å²) < 4.78 is 29.8. The van der Waals surface area contributed by atoms with E-state index in [2.05, 4.69) is 4.74 Å². The molecule has 0 fully saturated rings. The van der Waals surface area contributed by atoms with Gasteiger partial charge < -0.3 is 4.74 Å². The third kappa shape index (κ3) is 2.86. The van der Waals surface area contributed by atoms with Crippen LogP contribution in [0.15, 0.2) is 30.5 Å². The molecule has 0 aliphatic carbocycles. The SMILES string of the molecule is COC=CCc1ccc(F)c(F)c1. The molecule has 0 spiro atoms. The minimum atomic E-state index is -0.820. The van der Waals surface area contributed by atoms with Crippen molar-refractivity contribution in [3.63, 3.8) is 0 Å². The highest BCUT2D eigenvalue weighted by atomic mass is 19.2. The van der Waals surface area contributed by atoms with Gasteiger partial charge in [-0.1, -0.05) is 6.07 Å². The molecule has 0 aromatic heterocycles. The number of hydrogen-bond donors (Lipinski definition) is 0. The van der Waals surface area contributed by atoms with E-state index < -0.39 is 11.6 Å². The zero-order valence-corrected chi connectivity index (χ0v) is 7.26. The van der Waals surface area contributed by atoms with Crippen molar-refractivity contribution in [2.45, 2.75) is 6.42 Å². The molecule has 0 heterocycles. The summed E-state index contributed by atoms with van der Waals surface area (Å²) >= 11 is 0. The molecule has 1 nitrogen and oxygen atoms in total. The van der Waals surface area contributed by atoms with Crippen LogP contribution in [-0.2, 0) is 11.2 Å². The van der Waals surface area contributed by atoms with E-state index in [-0.39, 0.29) is 0 Å². The van der Waals surface area contributed by atoms with Crippen LogP contribution in [-0.4, -0.2) is 7.11 Å². The summed E-state index contributed by atoms with van der Waals surface area (Å²) in [6.07, 6.45) is 3.76. The molecule has 3 heteroatoms. The van der Waals surface area contributed by atoms with Crippen LogP contribution in [0.2, 0.25) is 0 Å². The molecule has 0 atom stereocenters. The third-order valence-corrected chi connectivity index (χ3v) is 1.57. The molecule has 1 aromatic rings. The number of rotatable bonds is 3.